The third kappa shape index (κ3) is 3.48. The molecule has 7 nitrogen and oxygen atoms in total. The van der Waals surface area contributed by atoms with Gasteiger partial charge >= 0.3 is 5.69 Å². The molecular formula is C15H18Cl2N4O3S. The third-order valence-corrected chi connectivity index (χ3v) is 6.97. The lowest BCUT2D eigenvalue weighted by molar-refractivity contribution is 0.490. The maximum absolute atomic E-state index is 12.7. The summed E-state index contributed by atoms with van der Waals surface area (Å²) in [6.45, 7) is 2.09. The van der Waals surface area contributed by atoms with Crippen molar-refractivity contribution in [2.75, 3.05) is 0 Å². The number of hydrogen-bond acceptors (Lipinski definition) is 4. The van der Waals surface area contributed by atoms with Crippen molar-refractivity contribution in [1.29, 1.82) is 0 Å². The standard InChI is InChI=1S/C15H18Cl2N4O3S/c1-9-11(16)4-5-12(14(9)17)25(23,24)19-10-3-6-13-18-20(2)15(22)21(13)8-7-10/h4-5,10,19H,3,6-8H2,1-2H3. The van der Waals surface area contributed by atoms with Crippen LogP contribution in [0.25, 0.3) is 0 Å². The van der Waals surface area contributed by atoms with E-state index in [2.05, 4.69) is 9.82 Å². The highest BCUT2D eigenvalue weighted by Crippen LogP contribution is 2.30. The van der Waals surface area contributed by atoms with Gasteiger partial charge < -0.3 is 0 Å². The van der Waals surface area contributed by atoms with Crippen molar-refractivity contribution >= 4 is 33.2 Å². The van der Waals surface area contributed by atoms with Gasteiger partial charge in [-0.15, -0.1) is 0 Å². The summed E-state index contributed by atoms with van der Waals surface area (Å²) in [5.41, 5.74) is 0.339. The minimum Gasteiger partial charge on any atom is -0.279 e. The number of benzene rings is 1. The average Bonchev–Trinajstić information content (AvgIpc) is 2.70. The fourth-order valence-electron chi connectivity index (χ4n) is 2.94. The molecule has 2 heterocycles. The monoisotopic (exact) mass is 404 g/mol. The van der Waals surface area contributed by atoms with Gasteiger partial charge in [0, 0.05) is 31.1 Å². The van der Waals surface area contributed by atoms with E-state index in [1.54, 1.807) is 18.5 Å². The molecule has 1 unspecified atom stereocenters. The van der Waals surface area contributed by atoms with Crippen molar-refractivity contribution in [2.24, 2.45) is 7.05 Å². The molecule has 1 aliphatic heterocycles. The molecule has 0 fully saturated rings. The normalized spacial score (nSPS) is 18.0. The fraction of sp³-hybridized carbons (Fsp3) is 0.467. The van der Waals surface area contributed by atoms with Crippen LogP contribution in [0.15, 0.2) is 21.8 Å². The molecule has 0 saturated carbocycles. The largest absolute Gasteiger partial charge is 0.345 e. The summed E-state index contributed by atoms with van der Waals surface area (Å²) in [5.74, 6) is 0.676. The second kappa shape index (κ2) is 6.75. The Bertz CT molecular complexity index is 981. The minimum absolute atomic E-state index is 0.00830. The molecule has 1 aromatic heterocycles. The van der Waals surface area contributed by atoms with Crippen LogP contribution in [0.3, 0.4) is 0 Å². The van der Waals surface area contributed by atoms with Gasteiger partial charge in [0.05, 0.1) is 5.02 Å². The van der Waals surface area contributed by atoms with E-state index < -0.39 is 10.0 Å². The molecule has 0 spiro atoms. The molecule has 0 radical (unpaired) electrons. The topological polar surface area (TPSA) is 86.0 Å². The first kappa shape index (κ1) is 18.4. The van der Waals surface area contributed by atoms with Crippen LogP contribution >= 0.6 is 23.2 Å². The number of hydrogen-bond donors (Lipinski definition) is 1. The summed E-state index contributed by atoms with van der Waals surface area (Å²) >= 11 is 12.1. The van der Waals surface area contributed by atoms with Crippen molar-refractivity contribution < 1.29 is 8.42 Å². The third-order valence-electron chi connectivity index (χ3n) is 4.40. The molecule has 0 amide bonds. The van der Waals surface area contributed by atoms with Crippen molar-refractivity contribution in [2.45, 2.75) is 43.7 Å². The van der Waals surface area contributed by atoms with Gasteiger partial charge in [0.2, 0.25) is 10.0 Å². The second-order valence-electron chi connectivity index (χ2n) is 6.10. The molecule has 136 valence electrons. The van der Waals surface area contributed by atoms with E-state index in [0.29, 0.717) is 42.2 Å². The van der Waals surface area contributed by atoms with E-state index >= 15 is 0 Å². The zero-order valence-corrected chi connectivity index (χ0v) is 16.1. The molecule has 25 heavy (non-hydrogen) atoms. The molecular weight excluding hydrogens is 387 g/mol. The van der Waals surface area contributed by atoms with Crippen LogP contribution in [0.4, 0.5) is 0 Å². The van der Waals surface area contributed by atoms with Crippen molar-refractivity contribution in [3.63, 3.8) is 0 Å². The molecule has 1 aromatic carbocycles. The maximum Gasteiger partial charge on any atom is 0.345 e. The highest BCUT2D eigenvalue weighted by atomic mass is 35.5. The predicted molar refractivity (Wildman–Crippen MR) is 95.7 cm³/mol. The van der Waals surface area contributed by atoms with E-state index in [1.807, 2.05) is 0 Å². The molecule has 3 rings (SSSR count). The van der Waals surface area contributed by atoms with Gasteiger partial charge in [-0.05, 0) is 37.5 Å². The summed E-state index contributed by atoms with van der Waals surface area (Å²) in [7, 11) is -2.18. The summed E-state index contributed by atoms with van der Waals surface area (Å²) in [5, 5.41) is 4.73. The molecule has 1 atom stereocenters. The Labute approximate surface area is 155 Å². The lowest BCUT2D eigenvalue weighted by atomic mass is 10.1. The highest BCUT2D eigenvalue weighted by molar-refractivity contribution is 7.89. The minimum atomic E-state index is -3.79. The van der Waals surface area contributed by atoms with E-state index in [9.17, 15) is 13.2 Å². The van der Waals surface area contributed by atoms with Gasteiger partial charge in [-0.1, -0.05) is 23.2 Å². The molecule has 0 aliphatic carbocycles. The number of sulfonamides is 1. The van der Waals surface area contributed by atoms with Gasteiger partial charge in [-0.3, -0.25) is 4.57 Å². The SMILES string of the molecule is Cc1c(Cl)ccc(S(=O)(=O)NC2CCc3nn(C)c(=O)n3CC2)c1Cl. The quantitative estimate of drug-likeness (QED) is 0.845. The maximum atomic E-state index is 12.7. The Kier molecular flexibility index (Phi) is 4.98. The first-order chi connectivity index (χ1) is 11.7. The van der Waals surface area contributed by atoms with Crippen LogP contribution in [0.5, 0.6) is 0 Å². The van der Waals surface area contributed by atoms with Crippen molar-refractivity contribution in [3.8, 4) is 0 Å². The molecule has 0 saturated heterocycles. The number of halogens is 2. The summed E-state index contributed by atoms with van der Waals surface area (Å²) in [6, 6.07) is 2.62. The van der Waals surface area contributed by atoms with Crippen molar-refractivity contribution in [3.05, 3.63) is 44.1 Å². The predicted octanol–water partition coefficient (Wildman–Crippen LogP) is 1.88. The molecule has 2 aromatic rings. The van der Waals surface area contributed by atoms with Crippen LogP contribution in [0, 0.1) is 6.92 Å². The van der Waals surface area contributed by atoms with E-state index in [-0.39, 0.29) is 21.6 Å². The highest BCUT2D eigenvalue weighted by Gasteiger charge is 2.26. The van der Waals surface area contributed by atoms with Gasteiger partial charge in [0.1, 0.15) is 10.7 Å². The van der Waals surface area contributed by atoms with Crippen LogP contribution < -0.4 is 10.4 Å². The lowest BCUT2D eigenvalue weighted by Gasteiger charge is -2.17. The van der Waals surface area contributed by atoms with Crippen LogP contribution in [0.2, 0.25) is 10.0 Å². The van der Waals surface area contributed by atoms with E-state index in [4.69, 9.17) is 23.2 Å². The molecule has 1 N–H and O–H groups in total. The fourth-order valence-corrected chi connectivity index (χ4v) is 5.06. The van der Waals surface area contributed by atoms with Crippen molar-refractivity contribution in [1.82, 2.24) is 19.1 Å². The second-order valence-corrected chi connectivity index (χ2v) is 8.57. The average molecular weight is 405 g/mol. The Morgan fingerprint density at radius 2 is 2.00 bits per heavy atom. The number of nitrogens with zero attached hydrogens (tertiary/aromatic N) is 3. The van der Waals surface area contributed by atoms with Crippen LogP contribution in [0.1, 0.15) is 24.2 Å². The Morgan fingerprint density at radius 1 is 1.28 bits per heavy atom. The summed E-state index contributed by atoms with van der Waals surface area (Å²) < 4.78 is 31.0. The Morgan fingerprint density at radius 3 is 2.72 bits per heavy atom. The van der Waals surface area contributed by atoms with Gasteiger partial charge in [-0.25, -0.2) is 22.6 Å². The van der Waals surface area contributed by atoms with Gasteiger partial charge in [0.25, 0.3) is 0 Å². The lowest BCUT2D eigenvalue weighted by Crippen LogP contribution is -2.36. The Hall–Kier alpha value is -1.35. The first-order valence-corrected chi connectivity index (χ1v) is 10.0. The number of rotatable bonds is 3. The summed E-state index contributed by atoms with van der Waals surface area (Å²) in [4.78, 5) is 12.0. The van der Waals surface area contributed by atoms with Crippen LogP contribution in [-0.2, 0) is 30.0 Å². The zero-order valence-electron chi connectivity index (χ0n) is 13.8. The zero-order chi connectivity index (χ0) is 18.4. The van der Waals surface area contributed by atoms with E-state index in [0.717, 1.165) is 0 Å². The smallest absolute Gasteiger partial charge is 0.279 e. The molecule has 1 aliphatic rings. The van der Waals surface area contributed by atoms with Gasteiger partial charge in [-0.2, -0.15) is 5.10 Å². The number of fused-ring (bicyclic) bond motifs is 1. The molecule has 10 heteroatoms. The van der Waals surface area contributed by atoms with Gasteiger partial charge in [0.15, 0.2) is 0 Å². The number of nitrogens with one attached hydrogen (secondary N) is 1. The van der Waals surface area contributed by atoms with E-state index in [1.165, 1.54) is 16.8 Å². The number of aryl methyl sites for hydroxylation is 2. The summed E-state index contributed by atoms with van der Waals surface area (Å²) in [6.07, 6.45) is 1.58. The number of aromatic nitrogens is 3. The Balaban J connectivity index is 1.81. The molecule has 0 bridgehead atoms. The first-order valence-electron chi connectivity index (χ1n) is 7.80. The van der Waals surface area contributed by atoms with Crippen LogP contribution in [-0.4, -0.2) is 28.8 Å².